The first kappa shape index (κ1) is 12.5. The Morgan fingerprint density at radius 3 is 2.88 bits per heavy atom. The van der Waals surface area contributed by atoms with Crippen LogP contribution in [0.3, 0.4) is 0 Å². The Hall–Kier alpha value is -1.58. The smallest absolute Gasteiger partial charge is 0.310 e. The summed E-state index contributed by atoms with van der Waals surface area (Å²) in [5.74, 6) is 0.459. The van der Waals surface area contributed by atoms with Gasteiger partial charge in [0.05, 0.1) is 25.8 Å². The molecule has 1 heterocycles. The molecule has 16 heavy (non-hydrogen) atoms. The molecule has 0 aromatic carbocycles. The van der Waals surface area contributed by atoms with E-state index < -0.39 is 0 Å². The van der Waals surface area contributed by atoms with E-state index in [1.807, 2.05) is 13.0 Å². The number of esters is 1. The van der Waals surface area contributed by atoms with Crippen molar-refractivity contribution in [2.45, 2.75) is 26.7 Å². The molecule has 0 aliphatic rings. The number of pyridine rings is 1. The Kier molecular flexibility index (Phi) is 5.32. The average molecular weight is 223 g/mol. The lowest BCUT2D eigenvalue weighted by atomic mass is 10.2. The SMILES string of the molecule is CCCOc1cncc(CC(=O)OCC)c1. The van der Waals surface area contributed by atoms with Gasteiger partial charge in [0.2, 0.25) is 0 Å². The molecule has 0 radical (unpaired) electrons. The number of carbonyl (C=O) groups excluding carboxylic acids is 1. The van der Waals surface area contributed by atoms with E-state index in [4.69, 9.17) is 9.47 Å². The number of rotatable bonds is 6. The van der Waals surface area contributed by atoms with E-state index in [9.17, 15) is 4.79 Å². The summed E-state index contributed by atoms with van der Waals surface area (Å²) in [6.07, 6.45) is 4.48. The molecular weight excluding hydrogens is 206 g/mol. The molecule has 0 fully saturated rings. The second kappa shape index (κ2) is 6.82. The fourth-order valence-corrected chi connectivity index (χ4v) is 1.24. The maximum Gasteiger partial charge on any atom is 0.310 e. The molecule has 0 spiro atoms. The summed E-state index contributed by atoms with van der Waals surface area (Å²) in [6, 6.07) is 1.82. The molecule has 1 aromatic heterocycles. The summed E-state index contributed by atoms with van der Waals surface area (Å²) in [5, 5.41) is 0. The second-order valence-corrected chi connectivity index (χ2v) is 3.36. The Labute approximate surface area is 95.6 Å². The first-order valence-corrected chi connectivity index (χ1v) is 5.48. The summed E-state index contributed by atoms with van der Waals surface area (Å²) in [6.45, 7) is 4.88. The highest BCUT2D eigenvalue weighted by Gasteiger charge is 2.05. The summed E-state index contributed by atoms with van der Waals surface area (Å²) < 4.78 is 10.3. The van der Waals surface area contributed by atoms with Crippen LogP contribution in [0.1, 0.15) is 25.8 Å². The van der Waals surface area contributed by atoms with E-state index in [1.54, 1.807) is 19.3 Å². The third-order valence-electron chi connectivity index (χ3n) is 1.90. The minimum absolute atomic E-state index is 0.239. The predicted octanol–water partition coefficient (Wildman–Crippen LogP) is 1.98. The number of hydrogen-bond donors (Lipinski definition) is 0. The molecule has 1 aromatic rings. The van der Waals surface area contributed by atoms with Crippen LogP contribution in [0, 0.1) is 0 Å². The zero-order valence-electron chi connectivity index (χ0n) is 9.73. The monoisotopic (exact) mass is 223 g/mol. The van der Waals surface area contributed by atoms with Gasteiger partial charge in [0.15, 0.2) is 0 Å². The largest absolute Gasteiger partial charge is 0.492 e. The van der Waals surface area contributed by atoms with Gasteiger partial charge < -0.3 is 9.47 Å². The highest BCUT2D eigenvalue weighted by Crippen LogP contribution is 2.12. The summed E-state index contributed by atoms with van der Waals surface area (Å²) >= 11 is 0. The number of aromatic nitrogens is 1. The molecule has 0 bridgehead atoms. The zero-order chi connectivity index (χ0) is 11.8. The minimum Gasteiger partial charge on any atom is -0.492 e. The van der Waals surface area contributed by atoms with Crippen molar-refractivity contribution in [1.82, 2.24) is 4.98 Å². The van der Waals surface area contributed by atoms with Gasteiger partial charge in [-0.15, -0.1) is 0 Å². The first-order chi connectivity index (χ1) is 7.76. The third kappa shape index (κ3) is 4.29. The van der Waals surface area contributed by atoms with Crippen molar-refractivity contribution in [2.24, 2.45) is 0 Å². The van der Waals surface area contributed by atoms with Crippen molar-refractivity contribution in [3.05, 3.63) is 24.0 Å². The fourth-order valence-electron chi connectivity index (χ4n) is 1.24. The molecule has 4 heteroatoms. The molecule has 0 amide bonds. The zero-order valence-corrected chi connectivity index (χ0v) is 9.73. The summed E-state index contributed by atoms with van der Waals surface area (Å²) in [5.41, 5.74) is 0.812. The molecular formula is C12H17NO3. The van der Waals surface area contributed by atoms with Crippen LogP contribution in [0.4, 0.5) is 0 Å². The van der Waals surface area contributed by atoms with Crippen LogP contribution >= 0.6 is 0 Å². The van der Waals surface area contributed by atoms with E-state index in [1.165, 1.54) is 0 Å². The van der Waals surface area contributed by atoms with Crippen LogP contribution in [0.2, 0.25) is 0 Å². The van der Waals surface area contributed by atoms with Gasteiger partial charge in [-0.25, -0.2) is 0 Å². The Morgan fingerprint density at radius 1 is 1.38 bits per heavy atom. The standard InChI is InChI=1S/C12H17NO3/c1-3-5-16-11-6-10(8-13-9-11)7-12(14)15-4-2/h6,8-9H,3-5,7H2,1-2H3. The highest BCUT2D eigenvalue weighted by molar-refractivity contribution is 5.72. The molecule has 88 valence electrons. The second-order valence-electron chi connectivity index (χ2n) is 3.36. The topological polar surface area (TPSA) is 48.4 Å². The maximum absolute atomic E-state index is 11.2. The van der Waals surface area contributed by atoms with Crippen LogP contribution in [-0.4, -0.2) is 24.2 Å². The molecule has 0 aliphatic heterocycles. The van der Waals surface area contributed by atoms with E-state index in [-0.39, 0.29) is 12.4 Å². The lowest BCUT2D eigenvalue weighted by Gasteiger charge is -2.06. The minimum atomic E-state index is -0.239. The van der Waals surface area contributed by atoms with Gasteiger partial charge in [0.25, 0.3) is 0 Å². The van der Waals surface area contributed by atoms with Crippen molar-refractivity contribution < 1.29 is 14.3 Å². The van der Waals surface area contributed by atoms with Crippen LogP contribution in [0.5, 0.6) is 5.75 Å². The van der Waals surface area contributed by atoms with Gasteiger partial charge in [-0.3, -0.25) is 9.78 Å². The van der Waals surface area contributed by atoms with Crippen molar-refractivity contribution in [3.63, 3.8) is 0 Å². The van der Waals surface area contributed by atoms with Gasteiger partial charge in [-0.2, -0.15) is 0 Å². The average Bonchev–Trinajstić information content (AvgIpc) is 2.27. The van der Waals surface area contributed by atoms with E-state index in [0.717, 1.165) is 12.0 Å². The maximum atomic E-state index is 11.2. The number of carbonyl (C=O) groups is 1. The van der Waals surface area contributed by atoms with Crippen molar-refractivity contribution in [3.8, 4) is 5.75 Å². The fraction of sp³-hybridized carbons (Fsp3) is 0.500. The van der Waals surface area contributed by atoms with Crippen LogP contribution in [0.15, 0.2) is 18.5 Å². The Bertz CT molecular complexity index is 339. The molecule has 0 saturated heterocycles. The molecule has 0 unspecified atom stereocenters. The van der Waals surface area contributed by atoms with Gasteiger partial charge in [0.1, 0.15) is 5.75 Å². The lowest BCUT2D eigenvalue weighted by Crippen LogP contribution is -2.08. The molecule has 0 atom stereocenters. The number of hydrogen-bond acceptors (Lipinski definition) is 4. The number of ether oxygens (including phenoxy) is 2. The molecule has 1 rings (SSSR count). The molecule has 0 saturated carbocycles. The third-order valence-corrected chi connectivity index (χ3v) is 1.90. The van der Waals surface area contributed by atoms with E-state index in [2.05, 4.69) is 4.98 Å². The number of nitrogens with zero attached hydrogens (tertiary/aromatic N) is 1. The predicted molar refractivity (Wildman–Crippen MR) is 60.4 cm³/mol. The highest BCUT2D eigenvalue weighted by atomic mass is 16.5. The summed E-state index contributed by atoms with van der Waals surface area (Å²) in [7, 11) is 0. The van der Waals surface area contributed by atoms with Gasteiger partial charge in [-0.05, 0) is 25.0 Å². The Balaban J connectivity index is 2.56. The normalized spacial score (nSPS) is 9.88. The van der Waals surface area contributed by atoms with Crippen molar-refractivity contribution in [2.75, 3.05) is 13.2 Å². The first-order valence-electron chi connectivity index (χ1n) is 5.48. The van der Waals surface area contributed by atoms with Crippen molar-refractivity contribution >= 4 is 5.97 Å². The van der Waals surface area contributed by atoms with Crippen molar-refractivity contribution in [1.29, 1.82) is 0 Å². The van der Waals surface area contributed by atoms with Gasteiger partial charge in [-0.1, -0.05) is 6.92 Å². The summed E-state index contributed by atoms with van der Waals surface area (Å²) in [4.78, 5) is 15.3. The van der Waals surface area contributed by atoms with Crippen LogP contribution in [0.25, 0.3) is 0 Å². The Morgan fingerprint density at radius 2 is 2.19 bits per heavy atom. The van der Waals surface area contributed by atoms with Crippen LogP contribution in [-0.2, 0) is 16.0 Å². The molecule has 4 nitrogen and oxygen atoms in total. The van der Waals surface area contributed by atoms with Gasteiger partial charge >= 0.3 is 5.97 Å². The molecule has 0 aliphatic carbocycles. The van der Waals surface area contributed by atoms with E-state index >= 15 is 0 Å². The van der Waals surface area contributed by atoms with Crippen LogP contribution < -0.4 is 4.74 Å². The van der Waals surface area contributed by atoms with E-state index in [0.29, 0.717) is 19.0 Å². The quantitative estimate of drug-likeness (QED) is 0.692. The molecule has 0 N–H and O–H groups in total. The van der Waals surface area contributed by atoms with Gasteiger partial charge in [0, 0.05) is 6.20 Å². The lowest BCUT2D eigenvalue weighted by molar-refractivity contribution is -0.142.